The lowest BCUT2D eigenvalue weighted by Gasteiger charge is -2.16. The fourth-order valence-corrected chi connectivity index (χ4v) is 2.49. The van der Waals surface area contributed by atoms with Gasteiger partial charge in [0.15, 0.2) is 0 Å². The quantitative estimate of drug-likeness (QED) is 0.587. The molecule has 0 bridgehead atoms. The standard InChI is InChI=1S/C16H26Cl2N2O/c1-4-7-8-12(6-3)11-21-16-14(18)10-13(17)15(20-16)19-9-5-2/h10,12H,4-9,11H2,1-3H3,(H,19,20). The first-order valence-electron chi connectivity index (χ1n) is 7.84. The summed E-state index contributed by atoms with van der Waals surface area (Å²) in [5, 5.41) is 4.18. The Morgan fingerprint density at radius 2 is 1.95 bits per heavy atom. The molecule has 1 aromatic heterocycles. The Kier molecular flexibility index (Phi) is 8.86. The molecule has 0 aliphatic heterocycles. The van der Waals surface area contributed by atoms with Crippen molar-refractivity contribution in [3.8, 4) is 5.88 Å². The summed E-state index contributed by atoms with van der Waals surface area (Å²) in [6, 6.07) is 1.69. The molecule has 0 amide bonds. The van der Waals surface area contributed by atoms with Crippen LogP contribution in [0, 0.1) is 5.92 Å². The maximum absolute atomic E-state index is 6.17. The van der Waals surface area contributed by atoms with Gasteiger partial charge in [-0.1, -0.05) is 63.2 Å². The first-order chi connectivity index (χ1) is 10.1. The van der Waals surface area contributed by atoms with Crippen LogP contribution < -0.4 is 10.1 Å². The molecule has 21 heavy (non-hydrogen) atoms. The molecule has 1 rings (SSSR count). The van der Waals surface area contributed by atoms with Crippen LogP contribution in [0.1, 0.15) is 52.9 Å². The Bertz CT molecular complexity index is 427. The fourth-order valence-electron chi connectivity index (χ4n) is 2.01. The lowest BCUT2D eigenvalue weighted by molar-refractivity contribution is 0.226. The fraction of sp³-hybridized carbons (Fsp3) is 0.688. The van der Waals surface area contributed by atoms with Crippen LogP contribution >= 0.6 is 23.2 Å². The number of pyridine rings is 1. The number of nitrogens with one attached hydrogen (secondary N) is 1. The zero-order valence-corrected chi connectivity index (χ0v) is 14.7. The summed E-state index contributed by atoms with van der Waals surface area (Å²) >= 11 is 12.3. The summed E-state index contributed by atoms with van der Waals surface area (Å²) in [7, 11) is 0. The number of ether oxygens (including phenoxy) is 1. The van der Waals surface area contributed by atoms with Crippen molar-refractivity contribution < 1.29 is 4.74 Å². The minimum absolute atomic E-state index is 0.465. The molecule has 0 saturated carbocycles. The Morgan fingerprint density at radius 3 is 2.57 bits per heavy atom. The first-order valence-corrected chi connectivity index (χ1v) is 8.60. The molecule has 5 heteroatoms. The Balaban J connectivity index is 2.68. The van der Waals surface area contributed by atoms with Gasteiger partial charge in [0.2, 0.25) is 5.88 Å². The summed E-state index contributed by atoms with van der Waals surface area (Å²) in [5.41, 5.74) is 0. The van der Waals surface area contributed by atoms with Crippen LogP contribution in [0.3, 0.4) is 0 Å². The summed E-state index contributed by atoms with van der Waals surface area (Å²) in [6.45, 7) is 7.96. The minimum Gasteiger partial charge on any atom is -0.476 e. The molecule has 0 spiro atoms. The Labute approximate surface area is 138 Å². The van der Waals surface area contributed by atoms with E-state index < -0.39 is 0 Å². The van der Waals surface area contributed by atoms with Crippen LogP contribution in [-0.4, -0.2) is 18.1 Å². The van der Waals surface area contributed by atoms with Gasteiger partial charge in [-0.2, -0.15) is 4.98 Å². The minimum atomic E-state index is 0.465. The van der Waals surface area contributed by atoms with Crippen LogP contribution in [0.25, 0.3) is 0 Å². The topological polar surface area (TPSA) is 34.1 Å². The highest BCUT2D eigenvalue weighted by Crippen LogP contribution is 2.31. The maximum Gasteiger partial charge on any atom is 0.234 e. The molecule has 1 atom stereocenters. The van der Waals surface area contributed by atoms with Gasteiger partial charge in [-0.05, 0) is 24.8 Å². The zero-order valence-electron chi connectivity index (χ0n) is 13.2. The summed E-state index contributed by atoms with van der Waals surface area (Å²) in [6.07, 6.45) is 5.73. The summed E-state index contributed by atoms with van der Waals surface area (Å²) in [4.78, 5) is 4.40. The smallest absolute Gasteiger partial charge is 0.234 e. The van der Waals surface area contributed by atoms with Gasteiger partial charge >= 0.3 is 0 Å². The van der Waals surface area contributed by atoms with Crippen LogP contribution in [0.2, 0.25) is 10.0 Å². The normalized spacial score (nSPS) is 12.2. The van der Waals surface area contributed by atoms with E-state index in [0.717, 1.165) is 19.4 Å². The lowest BCUT2D eigenvalue weighted by Crippen LogP contribution is -2.13. The second-order valence-corrected chi connectivity index (χ2v) is 6.07. The van der Waals surface area contributed by atoms with E-state index in [1.807, 2.05) is 0 Å². The molecule has 0 radical (unpaired) electrons. The molecule has 3 nitrogen and oxygen atoms in total. The highest BCUT2D eigenvalue weighted by atomic mass is 35.5. The summed E-state index contributed by atoms with van der Waals surface area (Å²) < 4.78 is 5.82. The average Bonchev–Trinajstić information content (AvgIpc) is 2.48. The van der Waals surface area contributed by atoms with Crippen molar-refractivity contribution in [2.75, 3.05) is 18.5 Å². The number of nitrogens with zero attached hydrogens (tertiary/aromatic N) is 1. The van der Waals surface area contributed by atoms with E-state index in [9.17, 15) is 0 Å². The van der Waals surface area contributed by atoms with Crippen LogP contribution in [0.15, 0.2) is 6.07 Å². The molecule has 0 aliphatic carbocycles. The average molecular weight is 333 g/mol. The third kappa shape index (κ3) is 6.31. The first kappa shape index (κ1) is 18.4. The number of aromatic nitrogens is 1. The van der Waals surface area contributed by atoms with Crippen molar-refractivity contribution in [1.29, 1.82) is 0 Å². The maximum atomic E-state index is 6.17. The SMILES string of the molecule is CCCCC(CC)COc1nc(NCCC)c(Cl)cc1Cl. The van der Waals surface area contributed by atoms with Gasteiger partial charge in [0.25, 0.3) is 0 Å². The molecule has 0 aliphatic rings. The third-order valence-electron chi connectivity index (χ3n) is 3.44. The van der Waals surface area contributed by atoms with Gasteiger partial charge in [0, 0.05) is 6.54 Å². The zero-order chi connectivity index (χ0) is 15.7. The van der Waals surface area contributed by atoms with E-state index in [1.165, 1.54) is 19.3 Å². The molecule has 0 saturated heterocycles. The number of rotatable bonds is 10. The number of halogens is 2. The van der Waals surface area contributed by atoms with E-state index >= 15 is 0 Å². The van der Waals surface area contributed by atoms with Gasteiger partial charge < -0.3 is 10.1 Å². The molecule has 1 N–H and O–H groups in total. The van der Waals surface area contributed by atoms with Crippen LogP contribution in [0.4, 0.5) is 5.82 Å². The van der Waals surface area contributed by atoms with Crippen LogP contribution in [-0.2, 0) is 0 Å². The molecule has 120 valence electrons. The molecule has 0 fully saturated rings. The highest BCUT2D eigenvalue weighted by Gasteiger charge is 2.13. The van der Waals surface area contributed by atoms with Crippen molar-refractivity contribution in [3.63, 3.8) is 0 Å². The van der Waals surface area contributed by atoms with Gasteiger partial charge in [0.1, 0.15) is 10.8 Å². The van der Waals surface area contributed by atoms with Crippen molar-refractivity contribution in [3.05, 3.63) is 16.1 Å². The van der Waals surface area contributed by atoms with Crippen molar-refractivity contribution in [2.24, 2.45) is 5.92 Å². The highest BCUT2D eigenvalue weighted by molar-refractivity contribution is 6.36. The lowest BCUT2D eigenvalue weighted by atomic mass is 10.0. The molecule has 1 heterocycles. The van der Waals surface area contributed by atoms with E-state index in [2.05, 4.69) is 31.1 Å². The number of anilines is 1. The second kappa shape index (κ2) is 10.1. The Morgan fingerprint density at radius 1 is 1.19 bits per heavy atom. The number of hydrogen-bond donors (Lipinski definition) is 1. The van der Waals surface area contributed by atoms with Crippen molar-refractivity contribution >= 4 is 29.0 Å². The van der Waals surface area contributed by atoms with Crippen LogP contribution in [0.5, 0.6) is 5.88 Å². The molecule has 1 unspecified atom stereocenters. The second-order valence-electron chi connectivity index (χ2n) is 5.26. The molecular weight excluding hydrogens is 307 g/mol. The van der Waals surface area contributed by atoms with Gasteiger partial charge in [-0.25, -0.2) is 0 Å². The number of unbranched alkanes of at least 4 members (excludes halogenated alkanes) is 1. The Hall–Kier alpha value is -0.670. The monoisotopic (exact) mass is 332 g/mol. The van der Waals surface area contributed by atoms with Gasteiger partial charge in [-0.15, -0.1) is 0 Å². The largest absolute Gasteiger partial charge is 0.476 e. The van der Waals surface area contributed by atoms with Crippen molar-refractivity contribution in [1.82, 2.24) is 4.98 Å². The van der Waals surface area contributed by atoms with Gasteiger partial charge in [0.05, 0.1) is 11.6 Å². The summed E-state index contributed by atoms with van der Waals surface area (Å²) in [5.74, 6) is 1.65. The van der Waals surface area contributed by atoms with Crippen molar-refractivity contribution in [2.45, 2.75) is 52.9 Å². The molecule has 1 aromatic rings. The van der Waals surface area contributed by atoms with Gasteiger partial charge in [-0.3, -0.25) is 0 Å². The molecular formula is C16H26Cl2N2O. The third-order valence-corrected chi connectivity index (χ3v) is 4.00. The van der Waals surface area contributed by atoms with E-state index in [-0.39, 0.29) is 0 Å². The number of hydrogen-bond acceptors (Lipinski definition) is 3. The van der Waals surface area contributed by atoms with E-state index in [0.29, 0.717) is 34.3 Å². The molecule has 0 aromatic carbocycles. The predicted octanol–water partition coefficient (Wildman–Crippen LogP) is 5.81. The van der Waals surface area contributed by atoms with E-state index in [1.54, 1.807) is 6.07 Å². The predicted molar refractivity (Wildman–Crippen MR) is 91.8 cm³/mol. The van der Waals surface area contributed by atoms with E-state index in [4.69, 9.17) is 27.9 Å².